The van der Waals surface area contributed by atoms with Gasteiger partial charge in [0.05, 0.1) is 5.56 Å². The zero-order valence-electron chi connectivity index (χ0n) is 13.2. The van der Waals surface area contributed by atoms with Gasteiger partial charge in [-0.2, -0.15) is 0 Å². The summed E-state index contributed by atoms with van der Waals surface area (Å²) in [5, 5.41) is 0. The van der Waals surface area contributed by atoms with Crippen molar-refractivity contribution in [3.05, 3.63) is 28.2 Å². The van der Waals surface area contributed by atoms with Crippen molar-refractivity contribution in [1.82, 2.24) is 9.80 Å². The maximum absolute atomic E-state index is 12.6. The number of nitrogen functional groups attached to an aromatic ring is 1. The fraction of sp³-hybridized carbons (Fsp3) is 0.562. The largest absolute Gasteiger partial charge is 0.398 e. The highest BCUT2D eigenvalue weighted by Gasteiger charge is 2.17. The van der Waals surface area contributed by atoms with Crippen LogP contribution in [0.15, 0.2) is 22.7 Å². The van der Waals surface area contributed by atoms with Crippen LogP contribution >= 0.6 is 15.9 Å². The van der Waals surface area contributed by atoms with E-state index in [9.17, 15) is 4.79 Å². The molecule has 0 atom stereocenters. The molecule has 5 heteroatoms. The molecule has 1 aromatic rings. The highest BCUT2D eigenvalue weighted by atomic mass is 79.9. The zero-order valence-corrected chi connectivity index (χ0v) is 14.8. The Hall–Kier alpha value is -1.07. The second-order valence-corrected chi connectivity index (χ2v) is 5.91. The average Bonchev–Trinajstić information content (AvgIpc) is 2.49. The number of carbonyl (C=O) groups is 1. The smallest absolute Gasteiger partial charge is 0.255 e. The first-order chi connectivity index (χ1) is 10.0. The minimum atomic E-state index is 0.0100. The Morgan fingerprint density at radius 3 is 2.38 bits per heavy atom. The Labute approximate surface area is 136 Å². The van der Waals surface area contributed by atoms with Gasteiger partial charge in [0, 0.05) is 23.2 Å². The van der Waals surface area contributed by atoms with E-state index >= 15 is 0 Å². The number of anilines is 1. The van der Waals surface area contributed by atoms with E-state index in [4.69, 9.17) is 5.73 Å². The highest BCUT2D eigenvalue weighted by Crippen LogP contribution is 2.20. The average molecular weight is 356 g/mol. The molecule has 0 aromatic heterocycles. The second-order valence-electron chi connectivity index (χ2n) is 5.00. The van der Waals surface area contributed by atoms with Crippen LogP contribution in [0.5, 0.6) is 0 Å². The zero-order chi connectivity index (χ0) is 15.8. The van der Waals surface area contributed by atoms with E-state index in [1.54, 1.807) is 12.1 Å². The molecule has 21 heavy (non-hydrogen) atoms. The van der Waals surface area contributed by atoms with Crippen LogP contribution in [0, 0.1) is 0 Å². The lowest BCUT2D eigenvalue weighted by Crippen LogP contribution is -2.34. The monoisotopic (exact) mass is 355 g/mol. The molecule has 1 aromatic carbocycles. The van der Waals surface area contributed by atoms with Crippen LogP contribution in [0.3, 0.4) is 0 Å². The number of benzene rings is 1. The van der Waals surface area contributed by atoms with E-state index in [0.29, 0.717) is 17.8 Å². The summed E-state index contributed by atoms with van der Waals surface area (Å²) in [5.41, 5.74) is 7.04. The van der Waals surface area contributed by atoms with Crippen molar-refractivity contribution in [2.45, 2.75) is 27.2 Å². The summed E-state index contributed by atoms with van der Waals surface area (Å²) in [6.45, 7) is 10.9. The number of amides is 1. The van der Waals surface area contributed by atoms with E-state index in [2.05, 4.69) is 34.7 Å². The normalized spacial score (nSPS) is 10.9. The van der Waals surface area contributed by atoms with Gasteiger partial charge in [-0.05, 0) is 51.2 Å². The van der Waals surface area contributed by atoms with E-state index in [1.807, 2.05) is 17.9 Å². The number of halogens is 1. The summed E-state index contributed by atoms with van der Waals surface area (Å²) in [6.07, 6.45) is 0.981. The molecule has 0 aliphatic rings. The SMILES string of the molecule is CCN(CC)CCCN(CC)C(=O)c1cc(Br)ccc1N. The molecule has 0 heterocycles. The number of hydrogen-bond donors (Lipinski definition) is 1. The van der Waals surface area contributed by atoms with E-state index < -0.39 is 0 Å². The van der Waals surface area contributed by atoms with Gasteiger partial charge in [-0.25, -0.2) is 0 Å². The Bertz CT molecular complexity index is 461. The van der Waals surface area contributed by atoms with Gasteiger partial charge in [0.15, 0.2) is 0 Å². The van der Waals surface area contributed by atoms with Crippen LogP contribution in [-0.2, 0) is 0 Å². The highest BCUT2D eigenvalue weighted by molar-refractivity contribution is 9.10. The van der Waals surface area contributed by atoms with Crippen molar-refractivity contribution >= 4 is 27.5 Å². The maximum Gasteiger partial charge on any atom is 0.255 e. The predicted octanol–water partition coefficient (Wildman–Crippen LogP) is 3.23. The minimum Gasteiger partial charge on any atom is -0.398 e. The molecule has 0 saturated heterocycles. The van der Waals surface area contributed by atoms with E-state index in [0.717, 1.165) is 37.1 Å². The standard InChI is InChI=1S/C16H26BrN3O/c1-4-19(5-2)10-7-11-20(6-3)16(21)14-12-13(17)8-9-15(14)18/h8-9,12H,4-7,10-11,18H2,1-3H3. The molecule has 0 aliphatic carbocycles. The molecular formula is C16H26BrN3O. The first kappa shape index (κ1) is 18.0. The summed E-state index contributed by atoms with van der Waals surface area (Å²) >= 11 is 3.39. The molecule has 0 radical (unpaired) electrons. The van der Waals surface area contributed by atoms with Gasteiger partial charge in [-0.15, -0.1) is 0 Å². The summed E-state index contributed by atoms with van der Waals surface area (Å²) in [7, 11) is 0. The van der Waals surface area contributed by atoms with Crippen molar-refractivity contribution in [1.29, 1.82) is 0 Å². The Morgan fingerprint density at radius 1 is 1.14 bits per heavy atom. The van der Waals surface area contributed by atoms with E-state index in [1.165, 1.54) is 0 Å². The second kappa shape index (κ2) is 9.05. The van der Waals surface area contributed by atoms with Gasteiger partial charge in [-0.1, -0.05) is 29.8 Å². The van der Waals surface area contributed by atoms with Crippen molar-refractivity contribution in [3.8, 4) is 0 Å². The lowest BCUT2D eigenvalue weighted by atomic mass is 10.1. The molecule has 0 bridgehead atoms. The number of nitrogens with two attached hydrogens (primary N) is 1. The van der Waals surface area contributed by atoms with Crippen LogP contribution in [0.25, 0.3) is 0 Å². The fourth-order valence-electron chi connectivity index (χ4n) is 2.31. The molecule has 0 unspecified atom stereocenters. The predicted molar refractivity (Wildman–Crippen MR) is 92.5 cm³/mol. The Balaban J connectivity index is 2.67. The molecule has 0 saturated carbocycles. The van der Waals surface area contributed by atoms with Crippen molar-refractivity contribution < 1.29 is 4.79 Å². The molecular weight excluding hydrogens is 330 g/mol. The van der Waals surface area contributed by atoms with Crippen LogP contribution in [0.4, 0.5) is 5.69 Å². The third-order valence-electron chi connectivity index (χ3n) is 3.71. The lowest BCUT2D eigenvalue weighted by molar-refractivity contribution is 0.0758. The number of hydrogen-bond acceptors (Lipinski definition) is 3. The van der Waals surface area contributed by atoms with Gasteiger partial charge in [0.25, 0.3) is 5.91 Å². The van der Waals surface area contributed by atoms with Gasteiger partial charge in [-0.3, -0.25) is 4.79 Å². The topological polar surface area (TPSA) is 49.6 Å². The summed E-state index contributed by atoms with van der Waals surface area (Å²) < 4.78 is 0.874. The Morgan fingerprint density at radius 2 is 1.81 bits per heavy atom. The van der Waals surface area contributed by atoms with Crippen LogP contribution in [-0.4, -0.2) is 48.4 Å². The molecule has 0 fully saturated rings. The van der Waals surface area contributed by atoms with Gasteiger partial charge >= 0.3 is 0 Å². The minimum absolute atomic E-state index is 0.0100. The van der Waals surface area contributed by atoms with Gasteiger partial charge < -0.3 is 15.5 Å². The third kappa shape index (κ3) is 5.32. The first-order valence-corrected chi connectivity index (χ1v) is 8.39. The van der Waals surface area contributed by atoms with Crippen LogP contribution < -0.4 is 5.73 Å². The quantitative estimate of drug-likeness (QED) is 0.728. The van der Waals surface area contributed by atoms with Crippen molar-refractivity contribution in [2.24, 2.45) is 0 Å². The summed E-state index contributed by atoms with van der Waals surface area (Å²) in [4.78, 5) is 16.8. The van der Waals surface area contributed by atoms with Crippen LogP contribution in [0.2, 0.25) is 0 Å². The number of nitrogens with zero attached hydrogens (tertiary/aromatic N) is 2. The molecule has 0 spiro atoms. The number of rotatable bonds is 8. The third-order valence-corrected chi connectivity index (χ3v) is 4.20. The fourth-order valence-corrected chi connectivity index (χ4v) is 2.67. The molecule has 0 aliphatic heterocycles. The number of carbonyl (C=O) groups excluding carboxylic acids is 1. The van der Waals surface area contributed by atoms with Gasteiger partial charge in [0.2, 0.25) is 0 Å². The molecule has 118 valence electrons. The maximum atomic E-state index is 12.6. The molecule has 1 rings (SSSR count). The first-order valence-electron chi connectivity index (χ1n) is 7.60. The van der Waals surface area contributed by atoms with E-state index in [-0.39, 0.29) is 5.91 Å². The van der Waals surface area contributed by atoms with Crippen LogP contribution in [0.1, 0.15) is 37.6 Å². The van der Waals surface area contributed by atoms with Gasteiger partial charge in [0.1, 0.15) is 0 Å². The van der Waals surface area contributed by atoms with Crippen molar-refractivity contribution in [3.63, 3.8) is 0 Å². The molecule has 2 N–H and O–H groups in total. The molecule has 1 amide bonds. The summed E-state index contributed by atoms with van der Waals surface area (Å²) in [5.74, 6) is 0.0100. The summed E-state index contributed by atoms with van der Waals surface area (Å²) in [6, 6.07) is 5.41. The molecule has 4 nitrogen and oxygen atoms in total. The van der Waals surface area contributed by atoms with Crippen molar-refractivity contribution in [2.75, 3.05) is 38.5 Å². The lowest BCUT2D eigenvalue weighted by Gasteiger charge is -2.24. The Kier molecular flexibility index (Phi) is 7.75.